The van der Waals surface area contributed by atoms with Crippen LogP contribution in [0, 0.1) is 11.8 Å². The molecular weight excluding hydrogens is 536 g/mol. The minimum Gasteiger partial charge on any atom is -0.493 e. The molecule has 11 nitrogen and oxygen atoms in total. The summed E-state index contributed by atoms with van der Waals surface area (Å²) < 4.78 is 18.2. The molecule has 2 aromatic carbocycles. The first-order valence-corrected chi connectivity index (χ1v) is 13.3. The number of benzene rings is 2. The van der Waals surface area contributed by atoms with Gasteiger partial charge < -0.3 is 35.1 Å². The second kappa shape index (κ2) is 13.1. The van der Waals surface area contributed by atoms with Crippen molar-refractivity contribution in [2.45, 2.75) is 19.9 Å². The molecule has 2 heterocycles. The maximum absolute atomic E-state index is 13.9. The predicted molar refractivity (Wildman–Crippen MR) is 162 cm³/mol. The fourth-order valence-electron chi connectivity index (χ4n) is 4.51. The number of ether oxygens (including phenoxy) is 3. The Kier molecular flexibility index (Phi) is 9.29. The average Bonchev–Trinajstić information content (AvgIpc) is 2.96. The number of nitrogens with two attached hydrogens (primary N) is 2. The van der Waals surface area contributed by atoms with Crippen LogP contribution < -0.4 is 26.4 Å². The van der Waals surface area contributed by atoms with Crippen molar-refractivity contribution >= 4 is 28.6 Å². The summed E-state index contributed by atoms with van der Waals surface area (Å²) in [6, 6.07) is 9.09. The lowest BCUT2D eigenvalue weighted by Gasteiger charge is -2.16. The lowest BCUT2D eigenvalue weighted by molar-refractivity contribution is 0.0479. The first kappa shape index (κ1) is 29.9. The first-order valence-electron chi connectivity index (χ1n) is 13.3. The van der Waals surface area contributed by atoms with Gasteiger partial charge in [-0.1, -0.05) is 17.9 Å². The van der Waals surface area contributed by atoms with Crippen molar-refractivity contribution in [3.63, 3.8) is 0 Å². The molecule has 2 aromatic heterocycles. The molecule has 0 radical (unpaired) electrons. The van der Waals surface area contributed by atoms with Crippen molar-refractivity contribution < 1.29 is 19.0 Å². The summed E-state index contributed by atoms with van der Waals surface area (Å²) >= 11 is 0. The summed E-state index contributed by atoms with van der Waals surface area (Å²) in [5, 5.41) is 0.361. The van der Waals surface area contributed by atoms with Crippen LogP contribution in [0.3, 0.4) is 0 Å². The molecule has 0 atom stereocenters. The van der Waals surface area contributed by atoms with Gasteiger partial charge in [0.25, 0.3) is 0 Å². The summed E-state index contributed by atoms with van der Waals surface area (Å²) in [5.41, 5.74) is 14.4. The highest BCUT2D eigenvalue weighted by atomic mass is 16.5. The van der Waals surface area contributed by atoms with Crippen molar-refractivity contribution in [1.29, 1.82) is 0 Å². The van der Waals surface area contributed by atoms with Crippen molar-refractivity contribution in [3.05, 3.63) is 80.8 Å². The normalized spacial score (nSPS) is 10.8. The van der Waals surface area contributed by atoms with Gasteiger partial charge in [-0.05, 0) is 50.8 Å². The zero-order valence-electron chi connectivity index (χ0n) is 24.4. The number of aromatic nitrogens is 3. The molecule has 0 aliphatic rings. The van der Waals surface area contributed by atoms with Gasteiger partial charge >= 0.3 is 5.97 Å². The molecule has 0 saturated heterocycles. The van der Waals surface area contributed by atoms with E-state index in [9.17, 15) is 9.59 Å². The van der Waals surface area contributed by atoms with E-state index in [4.69, 9.17) is 25.7 Å². The van der Waals surface area contributed by atoms with E-state index < -0.39 is 11.4 Å². The number of esters is 1. The largest absolute Gasteiger partial charge is 0.493 e. The Labute approximate surface area is 244 Å². The Bertz CT molecular complexity index is 1750. The third kappa shape index (κ3) is 6.45. The van der Waals surface area contributed by atoms with Crippen molar-refractivity contribution in [1.82, 2.24) is 19.4 Å². The SMILES string of the molecule is CCn1cc(C(=O)OCCN(C)C)c(=O)c2c(Cc3cnc(N)nc3N)cc(C#Cc3cccc(OC)c3OC)cc21. The number of hydrogen-bond donors (Lipinski definition) is 2. The number of anilines is 2. The number of para-hydroxylation sites is 1. The minimum absolute atomic E-state index is 0.0454. The van der Waals surface area contributed by atoms with E-state index >= 15 is 0 Å². The highest BCUT2D eigenvalue weighted by Crippen LogP contribution is 2.30. The standard InChI is InChI=1S/C31H34N6O5/c1-6-37-18-23(30(39)42-13-12-36(2)3)27(38)26-21(16-22-17-34-31(33)35-29(22)32)14-19(15-24(26)37)10-11-20-8-7-9-25(40-4)28(20)41-5/h7-9,14-15,17-18H,6,12-13,16H2,1-5H3,(H4,32,33,34,35). The monoisotopic (exact) mass is 570 g/mol. The smallest absolute Gasteiger partial charge is 0.343 e. The number of nitrogens with zero attached hydrogens (tertiary/aromatic N) is 4. The highest BCUT2D eigenvalue weighted by molar-refractivity contribution is 5.95. The molecule has 4 rings (SSSR count). The number of carbonyl (C=O) groups is 1. The summed E-state index contributed by atoms with van der Waals surface area (Å²) in [7, 11) is 6.86. The van der Waals surface area contributed by atoms with Crippen molar-refractivity contribution in [2.24, 2.45) is 0 Å². The van der Waals surface area contributed by atoms with Gasteiger partial charge in [0.1, 0.15) is 18.0 Å². The molecule has 4 N–H and O–H groups in total. The Morgan fingerprint density at radius 1 is 1.10 bits per heavy atom. The molecular formula is C31H34N6O5. The third-order valence-electron chi connectivity index (χ3n) is 6.64. The molecule has 11 heteroatoms. The van der Waals surface area contributed by atoms with E-state index in [-0.39, 0.29) is 30.4 Å². The molecule has 0 bridgehead atoms. The Balaban J connectivity index is 1.92. The lowest BCUT2D eigenvalue weighted by atomic mass is 9.97. The van der Waals surface area contributed by atoms with Crippen LogP contribution in [0.5, 0.6) is 11.5 Å². The number of pyridine rings is 1. The fourth-order valence-corrected chi connectivity index (χ4v) is 4.51. The summed E-state index contributed by atoms with van der Waals surface area (Å²) in [4.78, 5) is 36.9. The maximum Gasteiger partial charge on any atom is 0.343 e. The minimum atomic E-state index is -0.679. The van der Waals surface area contributed by atoms with Gasteiger partial charge in [0.15, 0.2) is 11.5 Å². The predicted octanol–water partition coefficient (Wildman–Crippen LogP) is 2.70. The molecule has 0 aliphatic carbocycles. The average molecular weight is 571 g/mol. The van der Waals surface area contributed by atoms with Crippen LogP contribution in [0.15, 0.2) is 47.5 Å². The van der Waals surface area contributed by atoms with Crippen molar-refractivity contribution in [3.8, 4) is 23.3 Å². The van der Waals surface area contributed by atoms with Gasteiger partial charge in [0, 0.05) is 43.0 Å². The van der Waals surface area contributed by atoms with E-state index in [0.717, 1.165) is 0 Å². The summed E-state index contributed by atoms with van der Waals surface area (Å²) in [5.74, 6) is 7.00. The number of carbonyl (C=O) groups excluding carboxylic acids is 1. The molecule has 0 unspecified atom stereocenters. The topological polar surface area (TPSA) is 148 Å². The number of rotatable bonds is 9. The van der Waals surface area contributed by atoms with E-state index in [2.05, 4.69) is 21.8 Å². The Morgan fingerprint density at radius 2 is 1.88 bits per heavy atom. The maximum atomic E-state index is 13.9. The van der Waals surface area contributed by atoms with E-state index in [1.807, 2.05) is 48.7 Å². The lowest BCUT2D eigenvalue weighted by Crippen LogP contribution is -2.25. The van der Waals surface area contributed by atoms with Crippen LogP contribution in [-0.2, 0) is 17.7 Å². The zero-order valence-corrected chi connectivity index (χ0v) is 24.4. The molecule has 4 aromatic rings. The number of likely N-dealkylation sites (N-methyl/N-ethyl adjacent to an activating group) is 1. The summed E-state index contributed by atoms with van der Waals surface area (Å²) in [6.45, 7) is 3.10. The molecule has 0 amide bonds. The summed E-state index contributed by atoms with van der Waals surface area (Å²) in [6.07, 6.45) is 3.27. The van der Waals surface area contributed by atoms with Crippen LogP contribution in [0.2, 0.25) is 0 Å². The van der Waals surface area contributed by atoms with Gasteiger partial charge in [-0.3, -0.25) is 4.79 Å². The molecule has 0 spiro atoms. The molecule has 0 aliphatic heterocycles. The van der Waals surface area contributed by atoms with E-state index in [0.29, 0.717) is 57.7 Å². The Morgan fingerprint density at radius 3 is 2.55 bits per heavy atom. The fraction of sp³-hybridized carbons (Fsp3) is 0.290. The second-order valence-electron chi connectivity index (χ2n) is 9.73. The van der Waals surface area contributed by atoms with Crippen LogP contribution in [0.4, 0.5) is 11.8 Å². The second-order valence-corrected chi connectivity index (χ2v) is 9.73. The molecule has 42 heavy (non-hydrogen) atoms. The number of nitrogen functional groups attached to an aromatic ring is 2. The van der Waals surface area contributed by atoms with Crippen molar-refractivity contribution in [2.75, 3.05) is 52.9 Å². The number of aryl methyl sites for hydroxylation is 1. The zero-order chi connectivity index (χ0) is 30.4. The number of hydrogen-bond acceptors (Lipinski definition) is 10. The van der Waals surface area contributed by atoms with Gasteiger partial charge in [0.2, 0.25) is 11.4 Å². The molecule has 0 saturated carbocycles. The Hall–Kier alpha value is -5.08. The van der Waals surface area contributed by atoms with Crippen LogP contribution in [-0.4, -0.2) is 66.9 Å². The molecule has 218 valence electrons. The van der Waals surface area contributed by atoms with Gasteiger partial charge in [-0.2, -0.15) is 4.98 Å². The number of methoxy groups -OCH3 is 2. The third-order valence-corrected chi connectivity index (χ3v) is 6.64. The van der Waals surface area contributed by atoms with Crippen LogP contribution >= 0.6 is 0 Å². The highest BCUT2D eigenvalue weighted by Gasteiger charge is 2.20. The van der Waals surface area contributed by atoms with Gasteiger partial charge in [-0.15, -0.1) is 0 Å². The quantitative estimate of drug-likeness (QED) is 0.227. The van der Waals surface area contributed by atoms with Crippen LogP contribution in [0.25, 0.3) is 10.9 Å². The van der Waals surface area contributed by atoms with E-state index in [1.54, 1.807) is 26.4 Å². The van der Waals surface area contributed by atoms with Crippen LogP contribution in [0.1, 0.15) is 39.5 Å². The number of fused-ring (bicyclic) bond motifs is 1. The molecule has 0 fully saturated rings. The van der Waals surface area contributed by atoms with Gasteiger partial charge in [0.05, 0.1) is 30.7 Å². The van der Waals surface area contributed by atoms with Gasteiger partial charge in [-0.25, -0.2) is 9.78 Å². The first-order chi connectivity index (χ1) is 20.2. The van der Waals surface area contributed by atoms with E-state index in [1.165, 1.54) is 12.4 Å².